The summed E-state index contributed by atoms with van der Waals surface area (Å²) in [6.45, 7) is 3.68. The quantitative estimate of drug-likeness (QED) is 0.444. The number of hydrogen-bond donors (Lipinski definition) is 0. The molecule has 4 heterocycles. The predicted molar refractivity (Wildman–Crippen MR) is 125 cm³/mol. The number of para-hydroxylation sites is 1. The van der Waals surface area contributed by atoms with E-state index in [1.807, 2.05) is 43.3 Å². The van der Waals surface area contributed by atoms with Crippen molar-refractivity contribution in [1.82, 2.24) is 14.4 Å². The third-order valence-electron chi connectivity index (χ3n) is 5.65. The van der Waals surface area contributed by atoms with Crippen molar-refractivity contribution < 1.29 is 0 Å². The summed E-state index contributed by atoms with van der Waals surface area (Å²) in [6, 6.07) is 13.9. The zero-order valence-corrected chi connectivity index (χ0v) is 18.0. The molecule has 0 N–H and O–H groups in total. The Morgan fingerprint density at radius 3 is 2.71 bits per heavy atom. The molecule has 0 atom stereocenters. The van der Waals surface area contributed by atoms with Crippen LogP contribution in [0.15, 0.2) is 47.4 Å². The highest BCUT2D eigenvalue weighted by molar-refractivity contribution is 7.19. The molecule has 0 amide bonds. The minimum Gasteiger partial charge on any atom is -0.356 e. The van der Waals surface area contributed by atoms with Gasteiger partial charge in [-0.1, -0.05) is 18.2 Å². The van der Waals surface area contributed by atoms with Crippen LogP contribution in [0.3, 0.4) is 0 Å². The summed E-state index contributed by atoms with van der Waals surface area (Å²) in [5.41, 5.74) is 3.11. The minimum absolute atomic E-state index is 0.164. The van der Waals surface area contributed by atoms with Crippen LogP contribution in [0.1, 0.15) is 35.4 Å². The summed E-state index contributed by atoms with van der Waals surface area (Å²) < 4.78 is 2.58. The Kier molecular flexibility index (Phi) is 5.00. The van der Waals surface area contributed by atoms with Gasteiger partial charge >= 0.3 is 0 Å². The van der Waals surface area contributed by atoms with Gasteiger partial charge in [-0.05, 0) is 56.0 Å². The number of anilines is 1. The van der Waals surface area contributed by atoms with E-state index in [2.05, 4.69) is 16.0 Å². The fourth-order valence-electron chi connectivity index (χ4n) is 4.05. The van der Waals surface area contributed by atoms with Crippen LogP contribution >= 0.6 is 11.3 Å². The van der Waals surface area contributed by atoms with Gasteiger partial charge in [-0.2, -0.15) is 5.26 Å². The molecule has 1 saturated heterocycles. The average molecular weight is 428 g/mol. The molecule has 3 aromatic heterocycles. The lowest BCUT2D eigenvalue weighted by atomic mass is 10.1. The number of pyridine rings is 1. The third-order valence-corrected chi connectivity index (χ3v) is 6.72. The molecule has 1 fully saturated rings. The lowest BCUT2D eigenvalue weighted by molar-refractivity contribution is 0.573. The molecule has 0 saturated carbocycles. The van der Waals surface area contributed by atoms with Crippen molar-refractivity contribution in [3.8, 4) is 6.07 Å². The number of rotatable bonds is 3. The highest BCUT2D eigenvalue weighted by Crippen LogP contribution is 2.30. The number of hydrogen-bond acceptors (Lipinski definition) is 6. The maximum absolute atomic E-state index is 13.5. The number of nitriles is 1. The standard InChI is InChI=1S/C24H21N5OS/c1-16-8-7-13-29-21(16)27-22(28-11-5-2-6-12-28)18(24(29)30)14-17(15-25)23-26-19-9-3-4-10-20(19)31-23/h3-4,7-10,13-14H,2,5-6,11-12H2,1H3. The SMILES string of the molecule is Cc1cccn2c(=O)c(C=C(C#N)c3nc4ccccc4s3)c(N3CCCCC3)nc12. The van der Waals surface area contributed by atoms with E-state index >= 15 is 0 Å². The van der Waals surface area contributed by atoms with Crippen molar-refractivity contribution in [2.24, 2.45) is 0 Å². The smallest absolute Gasteiger partial charge is 0.267 e. The van der Waals surface area contributed by atoms with Gasteiger partial charge in [0.25, 0.3) is 5.56 Å². The number of fused-ring (bicyclic) bond motifs is 2. The summed E-state index contributed by atoms with van der Waals surface area (Å²) in [6.07, 6.45) is 6.73. The molecule has 0 bridgehead atoms. The van der Waals surface area contributed by atoms with E-state index in [0.717, 1.165) is 41.7 Å². The third kappa shape index (κ3) is 3.49. The van der Waals surface area contributed by atoms with Gasteiger partial charge in [0.05, 0.1) is 21.4 Å². The van der Waals surface area contributed by atoms with Crippen LogP contribution in [-0.4, -0.2) is 27.5 Å². The number of allylic oxidation sites excluding steroid dienone is 1. The van der Waals surface area contributed by atoms with Crippen molar-refractivity contribution >= 4 is 44.7 Å². The summed E-state index contributed by atoms with van der Waals surface area (Å²) >= 11 is 1.46. The zero-order chi connectivity index (χ0) is 21.4. The fourth-order valence-corrected chi connectivity index (χ4v) is 4.98. The normalized spacial score (nSPS) is 14.8. The van der Waals surface area contributed by atoms with Crippen molar-refractivity contribution in [2.45, 2.75) is 26.2 Å². The van der Waals surface area contributed by atoms with Gasteiger partial charge in [-0.15, -0.1) is 11.3 Å². The van der Waals surface area contributed by atoms with E-state index in [9.17, 15) is 10.1 Å². The molecule has 0 radical (unpaired) electrons. The second-order valence-electron chi connectivity index (χ2n) is 7.74. The topological polar surface area (TPSA) is 74.3 Å². The maximum atomic E-state index is 13.5. The van der Waals surface area contributed by atoms with Crippen LogP contribution < -0.4 is 10.5 Å². The first-order valence-electron chi connectivity index (χ1n) is 10.4. The molecule has 6 nitrogen and oxygen atoms in total. The Bertz CT molecular complexity index is 1390. The first-order valence-corrected chi connectivity index (χ1v) is 11.2. The van der Waals surface area contributed by atoms with Crippen LogP contribution in [0.5, 0.6) is 0 Å². The molecule has 1 aromatic carbocycles. The van der Waals surface area contributed by atoms with Gasteiger partial charge in [0, 0.05) is 19.3 Å². The van der Waals surface area contributed by atoms with E-state index in [4.69, 9.17) is 4.98 Å². The van der Waals surface area contributed by atoms with Crippen molar-refractivity contribution in [3.05, 3.63) is 69.1 Å². The summed E-state index contributed by atoms with van der Waals surface area (Å²) in [5, 5.41) is 10.5. The number of aryl methyl sites for hydroxylation is 1. The number of piperidine rings is 1. The number of aromatic nitrogens is 3. The summed E-state index contributed by atoms with van der Waals surface area (Å²) in [4.78, 5) is 25.2. The molecular weight excluding hydrogens is 406 g/mol. The highest BCUT2D eigenvalue weighted by Gasteiger charge is 2.21. The Morgan fingerprint density at radius 1 is 1.13 bits per heavy atom. The number of nitrogens with zero attached hydrogens (tertiary/aromatic N) is 5. The van der Waals surface area contributed by atoms with Crippen molar-refractivity contribution in [2.75, 3.05) is 18.0 Å². The second kappa shape index (κ2) is 7.97. The van der Waals surface area contributed by atoms with E-state index < -0.39 is 0 Å². The minimum atomic E-state index is -0.164. The molecule has 5 rings (SSSR count). The first kappa shape index (κ1) is 19.5. The molecule has 0 aliphatic carbocycles. The summed E-state index contributed by atoms with van der Waals surface area (Å²) in [5.74, 6) is 0.660. The van der Waals surface area contributed by atoms with E-state index in [1.165, 1.54) is 17.8 Å². The first-order chi connectivity index (χ1) is 15.2. The maximum Gasteiger partial charge on any atom is 0.267 e. The van der Waals surface area contributed by atoms with Crippen LogP contribution in [-0.2, 0) is 0 Å². The van der Waals surface area contributed by atoms with Crippen LogP contribution in [0, 0.1) is 18.3 Å². The predicted octanol–water partition coefficient (Wildman–Crippen LogP) is 4.67. The van der Waals surface area contributed by atoms with Gasteiger partial charge in [0.1, 0.15) is 22.5 Å². The molecule has 0 spiro atoms. The van der Waals surface area contributed by atoms with Gasteiger partial charge in [0.15, 0.2) is 0 Å². The van der Waals surface area contributed by atoms with Crippen LogP contribution in [0.25, 0.3) is 27.5 Å². The molecule has 7 heteroatoms. The summed E-state index contributed by atoms with van der Waals surface area (Å²) in [7, 11) is 0. The van der Waals surface area contributed by atoms with E-state index in [1.54, 1.807) is 16.7 Å². The van der Waals surface area contributed by atoms with Crippen molar-refractivity contribution in [3.63, 3.8) is 0 Å². The van der Waals surface area contributed by atoms with Crippen molar-refractivity contribution in [1.29, 1.82) is 5.26 Å². The monoisotopic (exact) mass is 427 g/mol. The van der Waals surface area contributed by atoms with Crippen LogP contribution in [0.2, 0.25) is 0 Å². The number of thiazole rings is 1. The zero-order valence-electron chi connectivity index (χ0n) is 17.2. The van der Waals surface area contributed by atoms with Gasteiger partial charge in [0.2, 0.25) is 0 Å². The largest absolute Gasteiger partial charge is 0.356 e. The van der Waals surface area contributed by atoms with E-state index in [-0.39, 0.29) is 5.56 Å². The van der Waals surface area contributed by atoms with Gasteiger partial charge in [-0.25, -0.2) is 9.97 Å². The molecule has 154 valence electrons. The average Bonchev–Trinajstić information content (AvgIpc) is 3.23. The Labute approximate surface area is 183 Å². The molecule has 1 aliphatic heterocycles. The van der Waals surface area contributed by atoms with Crippen LogP contribution in [0.4, 0.5) is 5.82 Å². The Hall–Kier alpha value is -3.50. The number of benzene rings is 1. The lowest BCUT2D eigenvalue weighted by Crippen LogP contribution is -2.33. The molecule has 4 aromatic rings. The lowest BCUT2D eigenvalue weighted by Gasteiger charge is -2.29. The Morgan fingerprint density at radius 2 is 1.94 bits per heavy atom. The second-order valence-corrected chi connectivity index (χ2v) is 8.77. The fraction of sp³-hybridized carbons (Fsp3) is 0.250. The van der Waals surface area contributed by atoms with Gasteiger partial charge < -0.3 is 4.90 Å². The Balaban J connectivity index is 1.74. The molecule has 31 heavy (non-hydrogen) atoms. The van der Waals surface area contributed by atoms with Gasteiger partial charge in [-0.3, -0.25) is 9.20 Å². The molecular formula is C24H21N5OS. The highest BCUT2D eigenvalue weighted by atomic mass is 32.1. The molecule has 0 unspecified atom stereocenters. The van der Waals surface area contributed by atoms with E-state index in [0.29, 0.717) is 27.6 Å². The molecule has 1 aliphatic rings.